The van der Waals surface area contributed by atoms with E-state index in [-0.39, 0.29) is 6.03 Å². The van der Waals surface area contributed by atoms with Crippen LogP contribution in [0.4, 0.5) is 10.5 Å². The van der Waals surface area contributed by atoms with E-state index >= 15 is 0 Å². The molecule has 5 heteroatoms. The number of rotatable bonds is 3. The van der Waals surface area contributed by atoms with Crippen molar-refractivity contribution in [3.63, 3.8) is 0 Å². The van der Waals surface area contributed by atoms with Crippen LogP contribution in [0.15, 0.2) is 24.3 Å². The van der Waals surface area contributed by atoms with Crippen LogP contribution in [-0.4, -0.2) is 18.5 Å². The van der Waals surface area contributed by atoms with Crippen LogP contribution in [0.3, 0.4) is 0 Å². The van der Waals surface area contributed by atoms with E-state index in [9.17, 15) is 9.59 Å². The average Bonchev–Trinajstić information content (AvgIpc) is 2.17. The lowest BCUT2D eigenvalue weighted by molar-refractivity contribution is -0.131. The van der Waals surface area contributed by atoms with Gasteiger partial charge in [-0.2, -0.15) is 0 Å². The highest BCUT2D eigenvalue weighted by molar-refractivity contribution is 5.89. The highest BCUT2D eigenvalue weighted by atomic mass is 16.5. The number of hydrogen-bond donors (Lipinski definition) is 2. The van der Waals surface area contributed by atoms with Crippen molar-refractivity contribution in [1.29, 1.82) is 0 Å². The van der Waals surface area contributed by atoms with Gasteiger partial charge in [-0.25, -0.2) is 4.79 Å². The van der Waals surface area contributed by atoms with Gasteiger partial charge < -0.3 is 15.4 Å². The standard InChI is InChI=1S/C11H14N2O3/c1-3-12-11(15)13-9-5-4-6-10(7-9)16-8(2)14/h4-7H,3H2,1-2H3,(H2,12,13,15). The second-order valence-electron chi connectivity index (χ2n) is 3.11. The van der Waals surface area contributed by atoms with Crippen LogP contribution in [-0.2, 0) is 4.79 Å². The molecule has 0 fully saturated rings. The number of carbonyl (C=O) groups is 2. The second kappa shape index (κ2) is 5.75. The van der Waals surface area contributed by atoms with Gasteiger partial charge in [0, 0.05) is 25.2 Å². The topological polar surface area (TPSA) is 67.4 Å². The number of urea groups is 1. The minimum absolute atomic E-state index is 0.289. The third-order valence-corrected chi connectivity index (χ3v) is 1.69. The number of anilines is 1. The molecular formula is C11H14N2O3. The monoisotopic (exact) mass is 222 g/mol. The molecule has 0 aliphatic heterocycles. The molecule has 0 heterocycles. The molecule has 0 saturated carbocycles. The Morgan fingerprint density at radius 2 is 2.12 bits per heavy atom. The first-order chi connectivity index (χ1) is 7.61. The number of amides is 2. The van der Waals surface area contributed by atoms with Gasteiger partial charge in [0.2, 0.25) is 0 Å². The molecule has 0 spiro atoms. The van der Waals surface area contributed by atoms with Crippen molar-refractivity contribution in [2.45, 2.75) is 13.8 Å². The van der Waals surface area contributed by atoms with Gasteiger partial charge in [-0.3, -0.25) is 4.79 Å². The van der Waals surface area contributed by atoms with Crippen LogP contribution in [0.2, 0.25) is 0 Å². The summed E-state index contributed by atoms with van der Waals surface area (Å²) >= 11 is 0. The number of nitrogens with one attached hydrogen (secondary N) is 2. The van der Waals surface area contributed by atoms with Crippen LogP contribution < -0.4 is 15.4 Å². The van der Waals surface area contributed by atoms with Crippen molar-refractivity contribution in [2.75, 3.05) is 11.9 Å². The average molecular weight is 222 g/mol. The Morgan fingerprint density at radius 1 is 1.38 bits per heavy atom. The third kappa shape index (κ3) is 4.00. The van der Waals surface area contributed by atoms with Gasteiger partial charge in [0.25, 0.3) is 0 Å². The van der Waals surface area contributed by atoms with E-state index in [4.69, 9.17) is 4.74 Å². The summed E-state index contributed by atoms with van der Waals surface area (Å²) < 4.78 is 4.89. The van der Waals surface area contributed by atoms with Crippen molar-refractivity contribution < 1.29 is 14.3 Å². The van der Waals surface area contributed by atoms with E-state index < -0.39 is 5.97 Å². The maximum absolute atomic E-state index is 11.2. The summed E-state index contributed by atoms with van der Waals surface area (Å²) in [6.45, 7) is 3.70. The summed E-state index contributed by atoms with van der Waals surface area (Å²) in [5.74, 6) is 0.0111. The first-order valence-corrected chi connectivity index (χ1v) is 4.95. The molecule has 0 radical (unpaired) electrons. The molecule has 0 aromatic heterocycles. The lowest BCUT2D eigenvalue weighted by Crippen LogP contribution is -2.28. The largest absolute Gasteiger partial charge is 0.427 e. The zero-order valence-electron chi connectivity index (χ0n) is 9.24. The number of esters is 1. The Hall–Kier alpha value is -2.04. The van der Waals surface area contributed by atoms with E-state index in [1.165, 1.54) is 6.92 Å². The molecular weight excluding hydrogens is 208 g/mol. The Bertz CT molecular complexity index is 391. The van der Waals surface area contributed by atoms with Crippen molar-refractivity contribution in [3.05, 3.63) is 24.3 Å². The first kappa shape index (κ1) is 12.0. The van der Waals surface area contributed by atoms with E-state index in [2.05, 4.69) is 10.6 Å². The Kier molecular flexibility index (Phi) is 4.32. The summed E-state index contributed by atoms with van der Waals surface area (Å²) in [6.07, 6.45) is 0. The molecule has 1 rings (SSSR count). The van der Waals surface area contributed by atoms with Gasteiger partial charge in [-0.15, -0.1) is 0 Å². The first-order valence-electron chi connectivity index (χ1n) is 4.95. The summed E-state index contributed by atoms with van der Waals surface area (Å²) in [7, 11) is 0. The highest BCUT2D eigenvalue weighted by Gasteiger charge is 2.02. The van der Waals surface area contributed by atoms with Crippen molar-refractivity contribution in [1.82, 2.24) is 5.32 Å². The van der Waals surface area contributed by atoms with Crippen molar-refractivity contribution in [2.24, 2.45) is 0 Å². The lowest BCUT2D eigenvalue weighted by atomic mass is 10.3. The van der Waals surface area contributed by atoms with Crippen LogP contribution in [0.5, 0.6) is 5.75 Å². The smallest absolute Gasteiger partial charge is 0.319 e. The number of benzene rings is 1. The van der Waals surface area contributed by atoms with E-state index in [0.717, 1.165) is 0 Å². The molecule has 0 aliphatic carbocycles. The summed E-state index contributed by atoms with van der Waals surface area (Å²) in [5, 5.41) is 5.21. The predicted octanol–water partition coefficient (Wildman–Crippen LogP) is 1.75. The minimum atomic E-state index is -0.393. The van der Waals surface area contributed by atoms with E-state index in [0.29, 0.717) is 18.0 Å². The van der Waals surface area contributed by atoms with Crippen molar-refractivity contribution >= 4 is 17.7 Å². The predicted molar refractivity (Wildman–Crippen MR) is 60.4 cm³/mol. The molecule has 0 unspecified atom stereocenters. The van der Waals surface area contributed by atoms with Crippen LogP contribution in [0.25, 0.3) is 0 Å². The normalized spacial score (nSPS) is 9.38. The van der Waals surface area contributed by atoms with Crippen LogP contribution in [0, 0.1) is 0 Å². The Balaban J connectivity index is 2.67. The maximum Gasteiger partial charge on any atom is 0.319 e. The SMILES string of the molecule is CCNC(=O)Nc1cccc(OC(C)=O)c1. The summed E-state index contributed by atoms with van der Waals surface area (Å²) in [5.41, 5.74) is 0.574. The van der Waals surface area contributed by atoms with Crippen LogP contribution in [0.1, 0.15) is 13.8 Å². The third-order valence-electron chi connectivity index (χ3n) is 1.69. The van der Waals surface area contributed by atoms with Gasteiger partial charge in [-0.1, -0.05) is 6.07 Å². The molecule has 86 valence electrons. The molecule has 5 nitrogen and oxygen atoms in total. The molecule has 0 bridgehead atoms. The zero-order valence-corrected chi connectivity index (χ0v) is 9.24. The summed E-state index contributed by atoms with van der Waals surface area (Å²) in [4.78, 5) is 21.9. The van der Waals surface area contributed by atoms with Crippen molar-refractivity contribution in [3.8, 4) is 5.75 Å². The zero-order chi connectivity index (χ0) is 12.0. The maximum atomic E-state index is 11.2. The minimum Gasteiger partial charge on any atom is -0.427 e. The lowest BCUT2D eigenvalue weighted by Gasteiger charge is -2.07. The van der Waals surface area contributed by atoms with Gasteiger partial charge in [0.1, 0.15) is 5.75 Å². The fraction of sp³-hybridized carbons (Fsp3) is 0.273. The second-order valence-corrected chi connectivity index (χ2v) is 3.11. The Morgan fingerprint density at radius 3 is 2.75 bits per heavy atom. The van der Waals surface area contributed by atoms with Crippen LogP contribution >= 0.6 is 0 Å². The fourth-order valence-corrected chi connectivity index (χ4v) is 1.14. The molecule has 1 aromatic rings. The molecule has 1 aromatic carbocycles. The van der Waals surface area contributed by atoms with E-state index in [1.54, 1.807) is 24.3 Å². The van der Waals surface area contributed by atoms with Gasteiger partial charge in [-0.05, 0) is 19.1 Å². The molecule has 2 amide bonds. The number of hydrogen-bond acceptors (Lipinski definition) is 3. The fourth-order valence-electron chi connectivity index (χ4n) is 1.14. The van der Waals surface area contributed by atoms with E-state index in [1.807, 2.05) is 6.92 Å². The molecule has 0 saturated heterocycles. The number of carbonyl (C=O) groups excluding carboxylic acids is 2. The quantitative estimate of drug-likeness (QED) is 0.604. The highest BCUT2D eigenvalue weighted by Crippen LogP contribution is 2.17. The molecule has 0 aliphatic rings. The Labute approximate surface area is 93.8 Å². The molecule has 16 heavy (non-hydrogen) atoms. The molecule has 0 atom stereocenters. The summed E-state index contributed by atoms with van der Waals surface area (Å²) in [6, 6.07) is 6.34. The number of ether oxygens (including phenoxy) is 1. The van der Waals surface area contributed by atoms with Gasteiger partial charge >= 0.3 is 12.0 Å². The molecule has 2 N–H and O–H groups in total. The van der Waals surface area contributed by atoms with Gasteiger partial charge in [0.05, 0.1) is 0 Å². The van der Waals surface area contributed by atoms with Gasteiger partial charge in [0.15, 0.2) is 0 Å².